The SMILES string of the molecule is c1coc(-c2ccc3cc[nH]c3n2)c1. The van der Waals surface area contributed by atoms with E-state index >= 15 is 0 Å². The van der Waals surface area contributed by atoms with Crippen LogP contribution in [0.15, 0.2) is 47.2 Å². The highest BCUT2D eigenvalue weighted by molar-refractivity contribution is 5.77. The molecule has 0 saturated carbocycles. The second-order valence-corrected chi connectivity index (χ2v) is 3.09. The minimum atomic E-state index is 0.793. The number of aromatic nitrogens is 2. The van der Waals surface area contributed by atoms with Gasteiger partial charge < -0.3 is 9.40 Å². The third-order valence-corrected chi connectivity index (χ3v) is 2.18. The summed E-state index contributed by atoms with van der Waals surface area (Å²) in [6.45, 7) is 0. The van der Waals surface area contributed by atoms with E-state index in [9.17, 15) is 0 Å². The predicted molar refractivity (Wildman–Crippen MR) is 53.8 cm³/mol. The highest BCUT2D eigenvalue weighted by Gasteiger charge is 2.03. The zero-order valence-electron chi connectivity index (χ0n) is 7.40. The summed E-state index contributed by atoms with van der Waals surface area (Å²) in [7, 11) is 0. The molecule has 0 bridgehead atoms. The lowest BCUT2D eigenvalue weighted by atomic mass is 10.2. The molecule has 3 aromatic heterocycles. The van der Waals surface area contributed by atoms with Gasteiger partial charge in [-0.25, -0.2) is 4.98 Å². The fourth-order valence-electron chi connectivity index (χ4n) is 1.49. The van der Waals surface area contributed by atoms with Gasteiger partial charge in [-0.15, -0.1) is 0 Å². The molecule has 0 aliphatic rings. The van der Waals surface area contributed by atoms with E-state index in [0.717, 1.165) is 22.5 Å². The summed E-state index contributed by atoms with van der Waals surface area (Å²) in [5.74, 6) is 0.793. The first-order valence-electron chi connectivity index (χ1n) is 4.41. The molecule has 0 atom stereocenters. The van der Waals surface area contributed by atoms with E-state index in [1.807, 2.05) is 36.5 Å². The average Bonchev–Trinajstić information content (AvgIpc) is 2.88. The zero-order chi connectivity index (χ0) is 9.38. The van der Waals surface area contributed by atoms with Gasteiger partial charge in [0, 0.05) is 11.6 Å². The Hall–Kier alpha value is -2.03. The Bertz CT molecular complexity index is 551. The number of nitrogens with zero attached hydrogens (tertiary/aromatic N) is 1. The first-order valence-corrected chi connectivity index (χ1v) is 4.41. The van der Waals surface area contributed by atoms with E-state index in [0.29, 0.717) is 0 Å². The van der Waals surface area contributed by atoms with Crippen molar-refractivity contribution in [3.05, 3.63) is 42.8 Å². The second-order valence-electron chi connectivity index (χ2n) is 3.09. The number of hydrogen-bond acceptors (Lipinski definition) is 2. The molecule has 1 N–H and O–H groups in total. The Balaban J connectivity index is 2.23. The third kappa shape index (κ3) is 1.03. The van der Waals surface area contributed by atoms with Crippen LogP contribution in [0.5, 0.6) is 0 Å². The van der Waals surface area contributed by atoms with Crippen molar-refractivity contribution in [2.45, 2.75) is 0 Å². The number of nitrogens with one attached hydrogen (secondary N) is 1. The molecule has 0 aliphatic carbocycles. The number of pyridine rings is 1. The van der Waals surface area contributed by atoms with Crippen LogP contribution in [0.1, 0.15) is 0 Å². The minimum absolute atomic E-state index is 0.793. The first kappa shape index (κ1) is 7.38. The van der Waals surface area contributed by atoms with Crippen molar-refractivity contribution in [3.8, 4) is 11.5 Å². The van der Waals surface area contributed by atoms with Crippen LogP contribution in [0.25, 0.3) is 22.5 Å². The Morgan fingerprint density at radius 1 is 1.14 bits per heavy atom. The van der Waals surface area contributed by atoms with Gasteiger partial charge in [0.1, 0.15) is 11.3 Å². The van der Waals surface area contributed by atoms with Gasteiger partial charge in [-0.3, -0.25) is 0 Å². The van der Waals surface area contributed by atoms with Crippen LogP contribution in [-0.2, 0) is 0 Å². The molecule has 3 heterocycles. The summed E-state index contributed by atoms with van der Waals surface area (Å²) in [6.07, 6.45) is 3.53. The maximum absolute atomic E-state index is 5.27. The summed E-state index contributed by atoms with van der Waals surface area (Å²) in [5.41, 5.74) is 1.74. The van der Waals surface area contributed by atoms with Gasteiger partial charge in [-0.05, 0) is 30.3 Å². The van der Waals surface area contributed by atoms with Crippen LogP contribution in [0.3, 0.4) is 0 Å². The Kier molecular flexibility index (Phi) is 1.44. The van der Waals surface area contributed by atoms with Crippen molar-refractivity contribution in [1.82, 2.24) is 9.97 Å². The summed E-state index contributed by atoms with van der Waals surface area (Å²) >= 11 is 0. The topological polar surface area (TPSA) is 41.8 Å². The van der Waals surface area contributed by atoms with E-state index in [-0.39, 0.29) is 0 Å². The summed E-state index contributed by atoms with van der Waals surface area (Å²) in [6, 6.07) is 9.73. The van der Waals surface area contributed by atoms with Gasteiger partial charge in [0.2, 0.25) is 0 Å². The van der Waals surface area contributed by atoms with Gasteiger partial charge in [0.05, 0.1) is 6.26 Å². The molecular formula is C11H8N2O. The molecule has 14 heavy (non-hydrogen) atoms. The molecule has 3 heteroatoms. The van der Waals surface area contributed by atoms with Crippen LogP contribution in [0.2, 0.25) is 0 Å². The quantitative estimate of drug-likeness (QED) is 0.631. The van der Waals surface area contributed by atoms with Crippen molar-refractivity contribution in [2.75, 3.05) is 0 Å². The lowest BCUT2D eigenvalue weighted by Gasteiger charge is -1.95. The van der Waals surface area contributed by atoms with Crippen LogP contribution >= 0.6 is 0 Å². The van der Waals surface area contributed by atoms with E-state index in [2.05, 4.69) is 9.97 Å². The maximum Gasteiger partial charge on any atom is 0.152 e. The fraction of sp³-hybridized carbons (Fsp3) is 0. The number of aromatic amines is 1. The lowest BCUT2D eigenvalue weighted by molar-refractivity contribution is 0.580. The molecule has 0 radical (unpaired) electrons. The second kappa shape index (κ2) is 2.73. The summed E-state index contributed by atoms with van der Waals surface area (Å²) in [4.78, 5) is 7.50. The van der Waals surface area contributed by atoms with Crippen molar-refractivity contribution < 1.29 is 4.42 Å². The van der Waals surface area contributed by atoms with E-state index in [1.54, 1.807) is 6.26 Å². The molecule has 3 aromatic rings. The average molecular weight is 184 g/mol. The summed E-state index contributed by atoms with van der Waals surface area (Å²) < 4.78 is 5.27. The Morgan fingerprint density at radius 3 is 3.00 bits per heavy atom. The molecule has 0 spiro atoms. The Morgan fingerprint density at radius 2 is 2.14 bits per heavy atom. The molecule has 0 unspecified atom stereocenters. The molecule has 0 fully saturated rings. The molecule has 0 saturated heterocycles. The van der Waals surface area contributed by atoms with Crippen molar-refractivity contribution >= 4 is 11.0 Å². The molecule has 3 nitrogen and oxygen atoms in total. The van der Waals surface area contributed by atoms with E-state index < -0.39 is 0 Å². The molecule has 0 aromatic carbocycles. The van der Waals surface area contributed by atoms with Crippen molar-refractivity contribution in [2.24, 2.45) is 0 Å². The smallest absolute Gasteiger partial charge is 0.152 e. The number of hydrogen-bond donors (Lipinski definition) is 1. The number of rotatable bonds is 1. The minimum Gasteiger partial charge on any atom is -0.463 e. The monoisotopic (exact) mass is 184 g/mol. The molecular weight excluding hydrogens is 176 g/mol. The fourth-order valence-corrected chi connectivity index (χ4v) is 1.49. The van der Waals surface area contributed by atoms with Crippen LogP contribution < -0.4 is 0 Å². The number of furan rings is 1. The Labute approximate surface area is 80.4 Å². The van der Waals surface area contributed by atoms with Crippen LogP contribution in [-0.4, -0.2) is 9.97 Å². The molecule has 68 valence electrons. The number of fused-ring (bicyclic) bond motifs is 1. The number of H-pyrrole nitrogens is 1. The van der Waals surface area contributed by atoms with Crippen molar-refractivity contribution in [1.29, 1.82) is 0 Å². The molecule has 0 aliphatic heterocycles. The van der Waals surface area contributed by atoms with Gasteiger partial charge in [0.25, 0.3) is 0 Å². The largest absolute Gasteiger partial charge is 0.463 e. The van der Waals surface area contributed by atoms with E-state index in [4.69, 9.17) is 4.42 Å². The van der Waals surface area contributed by atoms with Gasteiger partial charge in [-0.1, -0.05) is 0 Å². The van der Waals surface area contributed by atoms with Crippen LogP contribution in [0, 0.1) is 0 Å². The highest BCUT2D eigenvalue weighted by Crippen LogP contribution is 2.20. The first-order chi connectivity index (χ1) is 6.93. The standard InChI is InChI=1S/C11H8N2O/c1-2-10(14-7-1)9-4-3-8-5-6-12-11(8)13-9/h1-7H,(H,12,13). The molecule has 3 rings (SSSR count). The maximum atomic E-state index is 5.27. The normalized spacial score (nSPS) is 10.9. The summed E-state index contributed by atoms with van der Waals surface area (Å²) in [5, 5.41) is 1.11. The molecule has 0 amide bonds. The van der Waals surface area contributed by atoms with Gasteiger partial charge in [-0.2, -0.15) is 0 Å². The third-order valence-electron chi connectivity index (χ3n) is 2.18. The van der Waals surface area contributed by atoms with Gasteiger partial charge in [0.15, 0.2) is 5.76 Å². The van der Waals surface area contributed by atoms with Gasteiger partial charge >= 0.3 is 0 Å². The van der Waals surface area contributed by atoms with E-state index in [1.165, 1.54) is 0 Å². The van der Waals surface area contributed by atoms with Crippen LogP contribution in [0.4, 0.5) is 0 Å². The lowest BCUT2D eigenvalue weighted by Crippen LogP contribution is -1.81. The highest BCUT2D eigenvalue weighted by atomic mass is 16.3. The predicted octanol–water partition coefficient (Wildman–Crippen LogP) is 2.82. The zero-order valence-corrected chi connectivity index (χ0v) is 7.40. The van der Waals surface area contributed by atoms with Crippen molar-refractivity contribution in [3.63, 3.8) is 0 Å².